The van der Waals surface area contributed by atoms with Crippen molar-refractivity contribution in [3.8, 4) is 11.3 Å². The number of fused-ring (bicyclic) bond motifs is 1. The van der Waals surface area contributed by atoms with Gasteiger partial charge in [-0.15, -0.1) is 0 Å². The van der Waals surface area contributed by atoms with Gasteiger partial charge in [0, 0.05) is 19.6 Å². The number of aromatic nitrogens is 2. The van der Waals surface area contributed by atoms with Crippen molar-refractivity contribution in [2.75, 3.05) is 13.1 Å². The van der Waals surface area contributed by atoms with Crippen LogP contribution >= 0.6 is 0 Å². The third kappa shape index (κ3) is 3.25. The fraction of sp³-hybridized carbons (Fsp3) is 0.348. The fourth-order valence-corrected chi connectivity index (χ4v) is 4.37. The molecule has 3 heterocycles. The van der Waals surface area contributed by atoms with Crippen molar-refractivity contribution in [3.63, 3.8) is 0 Å². The summed E-state index contributed by atoms with van der Waals surface area (Å²) in [4.78, 5) is 7.00. The molecular weight excluding hydrogens is 353 g/mol. The highest BCUT2D eigenvalue weighted by Gasteiger charge is 2.43. The molecule has 5 heteroatoms. The first-order valence-electron chi connectivity index (χ1n) is 9.82. The number of hydrogen-bond acceptors (Lipinski definition) is 3. The molecule has 3 aromatic rings. The van der Waals surface area contributed by atoms with Gasteiger partial charge >= 0.3 is 0 Å². The summed E-state index contributed by atoms with van der Waals surface area (Å²) < 4.78 is 21.8. The molecule has 0 aliphatic carbocycles. The van der Waals surface area contributed by atoms with Gasteiger partial charge in [-0.2, -0.15) is 0 Å². The minimum atomic E-state index is -0.187. The zero-order valence-electron chi connectivity index (χ0n) is 16.1. The molecule has 2 aliphatic rings. The van der Waals surface area contributed by atoms with E-state index in [1.807, 2.05) is 18.3 Å². The number of rotatable bonds is 3. The molecule has 1 saturated heterocycles. The average Bonchev–Trinajstić information content (AvgIpc) is 3.29. The normalized spacial score (nSPS) is 21.9. The standard InChI is InChI=1S/C23H24FN3O/c1-17-2-6-19(7-3-17)21-12-25-22-14-28-23(16-27(21)22)10-11-26(15-23)13-18-4-8-20(24)9-5-18/h2-9,12H,10-11,13-16H2,1H3/t23-/m0/s1. The Morgan fingerprint density at radius 3 is 2.64 bits per heavy atom. The molecule has 1 fully saturated rings. The summed E-state index contributed by atoms with van der Waals surface area (Å²) in [6.07, 6.45) is 2.97. The van der Waals surface area contributed by atoms with Gasteiger partial charge in [-0.25, -0.2) is 9.37 Å². The van der Waals surface area contributed by atoms with Crippen molar-refractivity contribution in [3.05, 3.63) is 77.5 Å². The second kappa shape index (κ2) is 6.83. The number of nitrogens with zero attached hydrogens (tertiary/aromatic N) is 3. The van der Waals surface area contributed by atoms with E-state index in [9.17, 15) is 4.39 Å². The van der Waals surface area contributed by atoms with Gasteiger partial charge in [0.1, 0.15) is 23.8 Å². The molecule has 0 bridgehead atoms. The summed E-state index contributed by atoms with van der Waals surface area (Å²) in [7, 11) is 0. The van der Waals surface area contributed by atoms with Gasteiger partial charge in [-0.1, -0.05) is 42.0 Å². The van der Waals surface area contributed by atoms with Crippen molar-refractivity contribution >= 4 is 0 Å². The summed E-state index contributed by atoms with van der Waals surface area (Å²) in [5.74, 6) is 0.812. The van der Waals surface area contributed by atoms with Crippen LogP contribution in [0.5, 0.6) is 0 Å². The minimum absolute atomic E-state index is 0.173. The van der Waals surface area contributed by atoms with Crippen LogP contribution in [-0.2, 0) is 24.4 Å². The maximum absolute atomic E-state index is 13.2. The highest BCUT2D eigenvalue weighted by atomic mass is 19.1. The minimum Gasteiger partial charge on any atom is -0.364 e. The molecule has 1 spiro atoms. The van der Waals surface area contributed by atoms with E-state index in [0.29, 0.717) is 6.61 Å². The lowest BCUT2D eigenvalue weighted by atomic mass is 10.0. The molecule has 1 aromatic heterocycles. The second-order valence-electron chi connectivity index (χ2n) is 8.07. The Kier molecular flexibility index (Phi) is 4.29. The lowest BCUT2D eigenvalue weighted by Gasteiger charge is -2.35. The summed E-state index contributed by atoms with van der Waals surface area (Å²) in [5, 5.41) is 0. The fourth-order valence-electron chi connectivity index (χ4n) is 4.37. The Balaban J connectivity index is 1.35. The molecule has 1 atom stereocenters. The summed E-state index contributed by atoms with van der Waals surface area (Å²) in [6.45, 7) is 6.18. The topological polar surface area (TPSA) is 30.3 Å². The van der Waals surface area contributed by atoms with Crippen molar-refractivity contribution in [2.45, 2.75) is 38.6 Å². The average molecular weight is 377 g/mol. The van der Waals surface area contributed by atoms with Gasteiger partial charge in [0.25, 0.3) is 0 Å². The highest BCUT2D eigenvalue weighted by molar-refractivity contribution is 5.60. The van der Waals surface area contributed by atoms with Gasteiger partial charge < -0.3 is 9.30 Å². The molecule has 0 unspecified atom stereocenters. The van der Waals surface area contributed by atoms with Crippen molar-refractivity contribution < 1.29 is 9.13 Å². The van der Waals surface area contributed by atoms with Crippen molar-refractivity contribution in [2.24, 2.45) is 0 Å². The summed E-state index contributed by atoms with van der Waals surface area (Å²) >= 11 is 0. The molecule has 2 aliphatic heterocycles. The summed E-state index contributed by atoms with van der Waals surface area (Å²) in [5.41, 5.74) is 4.58. The van der Waals surface area contributed by atoms with Crippen LogP contribution in [0.25, 0.3) is 11.3 Å². The van der Waals surface area contributed by atoms with Gasteiger partial charge in [-0.3, -0.25) is 4.90 Å². The van der Waals surface area contributed by atoms with Crippen LogP contribution in [0.1, 0.15) is 23.4 Å². The smallest absolute Gasteiger partial charge is 0.135 e. The van der Waals surface area contributed by atoms with Gasteiger partial charge in [-0.05, 0) is 36.6 Å². The van der Waals surface area contributed by atoms with Crippen molar-refractivity contribution in [1.29, 1.82) is 0 Å². The van der Waals surface area contributed by atoms with Crippen LogP contribution in [-0.4, -0.2) is 33.1 Å². The number of benzene rings is 2. The number of imidazole rings is 1. The Morgan fingerprint density at radius 2 is 1.86 bits per heavy atom. The monoisotopic (exact) mass is 377 g/mol. The zero-order chi connectivity index (χ0) is 19.1. The number of likely N-dealkylation sites (tertiary alicyclic amines) is 1. The number of ether oxygens (including phenoxy) is 1. The lowest BCUT2D eigenvalue weighted by molar-refractivity contribution is -0.0821. The van der Waals surface area contributed by atoms with Crippen molar-refractivity contribution in [1.82, 2.24) is 14.5 Å². The zero-order valence-corrected chi connectivity index (χ0v) is 16.1. The molecule has 4 nitrogen and oxygen atoms in total. The first-order chi connectivity index (χ1) is 13.6. The molecule has 2 aromatic carbocycles. The van der Waals surface area contributed by atoms with E-state index in [4.69, 9.17) is 4.74 Å². The van der Waals surface area contributed by atoms with E-state index in [2.05, 4.69) is 45.6 Å². The molecule has 0 saturated carbocycles. The van der Waals surface area contributed by atoms with Crippen LogP contribution in [0, 0.1) is 12.7 Å². The van der Waals surface area contributed by atoms with E-state index < -0.39 is 0 Å². The maximum atomic E-state index is 13.2. The predicted octanol–water partition coefficient (Wildman–Crippen LogP) is 4.17. The number of aryl methyl sites for hydroxylation is 1. The highest BCUT2D eigenvalue weighted by Crippen LogP contribution is 2.35. The summed E-state index contributed by atoms with van der Waals surface area (Å²) in [6, 6.07) is 15.4. The molecule has 28 heavy (non-hydrogen) atoms. The predicted molar refractivity (Wildman–Crippen MR) is 106 cm³/mol. The van der Waals surface area contributed by atoms with Crippen LogP contribution < -0.4 is 0 Å². The largest absolute Gasteiger partial charge is 0.364 e. The van der Waals surface area contributed by atoms with E-state index in [1.165, 1.54) is 23.3 Å². The van der Waals surface area contributed by atoms with Crippen LogP contribution in [0.3, 0.4) is 0 Å². The molecule has 0 radical (unpaired) electrons. The van der Waals surface area contributed by atoms with Gasteiger partial charge in [0.05, 0.1) is 18.4 Å². The quantitative estimate of drug-likeness (QED) is 0.686. The molecule has 0 amide bonds. The lowest BCUT2D eigenvalue weighted by Crippen LogP contribution is -2.44. The number of halogens is 1. The first-order valence-corrected chi connectivity index (χ1v) is 9.82. The third-order valence-electron chi connectivity index (χ3n) is 5.95. The van der Waals surface area contributed by atoms with Crippen LogP contribution in [0.4, 0.5) is 4.39 Å². The SMILES string of the molecule is Cc1ccc(-c2cnc3n2C[C@@]2(CCN(Cc4ccc(F)cc4)C2)OC3)cc1. The van der Waals surface area contributed by atoms with Crippen LogP contribution in [0.2, 0.25) is 0 Å². The molecular formula is C23H24FN3O. The van der Waals surface area contributed by atoms with Gasteiger partial charge in [0.2, 0.25) is 0 Å². The van der Waals surface area contributed by atoms with E-state index in [0.717, 1.165) is 49.7 Å². The van der Waals surface area contributed by atoms with E-state index in [-0.39, 0.29) is 11.4 Å². The molecule has 0 N–H and O–H groups in total. The first kappa shape index (κ1) is 17.6. The third-order valence-corrected chi connectivity index (χ3v) is 5.95. The van der Waals surface area contributed by atoms with Gasteiger partial charge in [0.15, 0.2) is 0 Å². The maximum Gasteiger partial charge on any atom is 0.135 e. The second-order valence-corrected chi connectivity index (χ2v) is 8.07. The Hall–Kier alpha value is -2.50. The van der Waals surface area contributed by atoms with E-state index in [1.54, 1.807) is 0 Å². The Labute approximate surface area is 164 Å². The van der Waals surface area contributed by atoms with Crippen LogP contribution in [0.15, 0.2) is 54.7 Å². The Morgan fingerprint density at radius 1 is 1.07 bits per heavy atom. The molecule has 5 rings (SSSR count). The molecule has 144 valence electrons. The number of hydrogen-bond donors (Lipinski definition) is 0. The van der Waals surface area contributed by atoms with E-state index >= 15 is 0 Å². The Bertz CT molecular complexity index is 980.